The number of aliphatic carboxylic acids is 1. The molecule has 0 fully saturated rings. The molecule has 1 aromatic heterocycles. The molecule has 23 heavy (non-hydrogen) atoms. The van der Waals surface area contributed by atoms with E-state index in [9.17, 15) is 14.7 Å². The van der Waals surface area contributed by atoms with E-state index >= 15 is 0 Å². The van der Waals surface area contributed by atoms with Crippen LogP contribution in [0.5, 0.6) is 0 Å². The number of thioether (sulfide) groups is 1. The lowest BCUT2D eigenvalue weighted by molar-refractivity contribution is -0.141. The number of nitrogens with one attached hydrogen (secondary N) is 2. The molecule has 1 heterocycles. The van der Waals surface area contributed by atoms with E-state index in [1.54, 1.807) is 18.0 Å². The zero-order valence-electron chi connectivity index (χ0n) is 12.8. The van der Waals surface area contributed by atoms with E-state index in [0.29, 0.717) is 6.42 Å². The SMILES string of the molecule is CSCCCC(=O)NC(Cc1c[nH]c2cccc(Br)c12)C(=O)O. The van der Waals surface area contributed by atoms with Crippen molar-refractivity contribution in [2.24, 2.45) is 0 Å². The fraction of sp³-hybridized carbons (Fsp3) is 0.375. The Labute approximate surface area is 147 Å². The zero-order valence-corrected chi connectivity index (χ0v) is 15.2. The molecular formula is C16H19BrN2O3S. The number of fused-ring (bicyclic) bond motifs is 1. The molecule has 1 unspecified atom stereocenters. The Morgan fingerprint density at radius 3 is 2.91 bits per heavy atom. The maximum Gasteiger partial charge on any atom is 0.326 e. The molecule has 3 N–H and O–H groups in total. The van der Waals surface area contributed by atoms with Crippen LogP contribution < -0.4 is 5.32 Å². The van der Waals surface area contributed by atoms with Crippen molar-refractivity contribution in [3.8, 4) is 0 Å². The van der Waals surface area contributed by atoms with Gasteiger partial charge in [0.1, 0.15) is 6.04 Å². The molecule has 7 heteroatoms. The number of hydrogen-bond acceptors (Lipinski definition) is 3. The van der Waals surface area contributed by atoms with Crippen LogP contribution in [0.25, 0.3) is 10.9 Å². The highest BCUT2D eigenvalue weighted by molar-refractivity contribution is 9.10. The summed E-state index contributed by atoms with van der Waals surface area (Å²) in [7, 11) is 0. The molecule has 0 aliphatic heterocycles. The van der Waals surface area contributed by atoms with Gasteiger partial charge in [-0.2, -0.15) is 11.8 Å². The highest BCUT2D eigenvalue weighted by atomic mass is 79.9. The summed E-state index contributed by atoms with van der Waals surface area (Å²) in [6.07, 6.45) is 5.12. The van der Waals surface area contributed by atoms with Gasteiger partial charge in [-0.1, -0.05) is 22.0 Å². The largest absolute Gasteiger partial charge is 0.480 e. The fourth-order valence-electron chi connectivity index (χ4n) is 2.43. The first-order valence-corrected chi connectivity index (χ1v) is 9.47. The fourth-order valence-corrected chi connectivity index (χ4v) is 3.49. The van der Waals surface area contributed by atoms with Crippen molar-refractivity contribution in [1.29, 1.82) is 0 Å². The van der Waals surface area contributed by atoms with Gasteiger partial charge in [0, 0.05) is 34.4 Å². The average Bonchev–Trinajstić information content (AvgIpc) is 2.91. The van der Waals surface area contributed by atoms with E-state index in [-0.39, 0.29) is 12.3 Å². The minimum atomic E-state index is -1.02. The second kappa shape index (κ2) is 8.40. The Morgan fingerprint density at radius 2 is 2.22 bits per heavy atom. The Kier molecular flexibility index (Phi) is 6.53. The molecule has 124 valence electrons. The Morgan fingerprint density at radius 1 is 1.43 bits per heavy atom. The van der Waals surface area contributed by atoms with Crippen molar-refractivity contribution in [2.75, 3.05) is 12.0 Å². The topological polar surface area (TPSA) is 82.2 Å². The summed E-state index contributed by atoms with van der Waals surface area (Å²) in [6.45, 7) is 0. The van der Waals surface area contributed by atoms with Crippen LogP contribution in [-0.4, -0.2) is 40.0 Å². The normalized spacial score (nSPS) is 12.3. The summed E-state index contributed by atoms with van der Waals surface area (Å²) in [5, 5.41) is 13.0. The van der Waals surface area contributed by atoms with Crippen molar-refractivity contribution in [3.63, 3.8) is 0 Å². The molecule has 2 aromatic rings. The third-order valence-electron chi connectivity index (χ3n) is 3.55. The summed E-state index contributed by atoms with van der Waals surface area (Å²) in [4.78, 5) is 26.5. The number of rotatable bonds is 8. The number of halogens is 1. The van der Waals surface area contributed by atoms with Gasteiger partial charge in [-0.25, -0.2) is 4.79 Å². The maximum atomic E-state index is 11.9. The third kappa shape index (κ3) is 4.75. The monoisotopic (exact) mass is 398 g/mol. The standard InChI is InChI=1S/C16H19BrN2O3S/c1-23-7-3-6-14(20)19-13(16(21)22)8-10-9-18-12-5-2-4-11(17)15(10)12/h2,4-5,9,13,18H,3,6-8H2,1H3,(H,19,20)(H,21,22). The highest BCUT2D eigenvalue weighted by Crippen LogP contribution is 2.27. The van der Waals surface area contributed by atoms with Gasteiger partial charge in [0.05, 0.1) is 0 Å². The average molecular weight is 399 g/mol. The number of H-pyrrole nitrogens is 1. The van der Waals surface area contributed by atoms with Gasteiger partial charge < -0.3 is 15.4 Å². The number of carbonyl (C=O) groups is 2. The van der Waals surface area contributed by atoms with Gasteiger partial charge >= 0.3 is 5.97 Å². The summed E-state index contributed by atoms with van der Waals surface area (Å²) >= 11 is 5.16. The van der Waals surface area contributed by atoms with Gasteiger partial charge in [-0.3, -0.25) is 4.79 Å². The Balaban J connectivity index is 2.09. The number of amides is 1. The predicted octanol–water partition coefficient (Wildman–Crippen LogP) is 3.19. The summed E-state index contributed by atoms with van der Waals surface area (Å²) in [6, 6.07) is 4.83. The van der Waals surface area contributed by atoms with Crippen molar-refractivity contribution >= 4 is 50.5 Å². The number of hydrogen-bond donors (Lipinski definition) is 3. The predicted molar refractivity (Wildman–Crippen MR) is 96.9 cm³/mol. The second-order valence-electron chi connectivity index (χ2n) is 5.24. The molecule has 0 radical (unpaired) electrons. The zero-order chi connectivity index (χ0) is 16.8. The molecule has 0 spiro atoms. The Bertz CT molecular complexity index is 702. The number of benzene rings is 1. The van der Waals surface area contributed by atoms with Crippen LogP contribution in [0.3, 0.4) is 0 Å². The van der Waals surface area contributed by atoms with Gasteiger partial charge in [0.15, 0.2) is 0 Å². The maximum absolute atomic E-state index is 11.9. The molecule has 2 rings (SSSR count). The number of aromatic nitrogens is 1. The van der Waals surface area contributed by atoms with Crippen molar-refractivity contribution in [3.05, 3.63) is 34.4 Å². The van der Waals surface area contributed by atoms with Crippen molar-refractivity contribution < 1.29 is 14.7 Å². The lowest BCUT2D eigenvalue weighted by atomic mass is 10.0. The first-order chi connectivity index (χ1) is 11.0. The van der Waals surface area contributed by atoms with E-state index in [1.165, 1.54) is 0 Å². The minimum Gasteiger partial charge on any atom is -0.480 e. The third-order valence-corrected chi connectivity index (χ3v) is 4.90. The van der Waals surface area contributed by atoms with Crippen molar-refractivity contribution in [2.45, 2.75) is 25.3 Å². The number of carbonyl (C=O) groups excluding carboxylic acids is 1. The molecule has 1 atom stereocenters. The van der Waals surface area contributed by atoms with E-state index in [0.717, 1.165) is 33.1 Å². The van der Waals surface area contributed by atoms with Crippen LogP contribution in [0.4, 0.5) is 0 Å². The van der Waals surface area contributed by atoms with Crippen LogP contribution in [0.1, 0.15) is 18.4 Å². The van der Waals surface area contributed by atoms with E-state index in [2.05, 4.69) is 26.2 Å². The summed E-state index contributed by atoms with van der Waals surface area (Å²) in [5.41, 5.74) is 1.80. The summed E-state index contributed by atoms with van der Waals surface area (Å²) < 4.78 is 0.904. The molecule has 1 aromatic carbocycles. The van der Waals surface area contributed by atoms with Gasteiger partial charge in [-0.15, -0.1) is 0 Å². The molecule has 0 saturated carbocycles. The van der Waals surface area contributed by atoms with Gasteiger partial charge in [0.25, 0.3) is 0 Å². The molecule has 0 aliphatic rings. The lowest BCUT2D eigenvalue weighted by Gasteiger charge is -2.14. The molecular weight excluding hydrogens is 380 g/mol. The van der Waals surface area contributed by atoms with Gasteiger partial charge in [0.2, 0.25) is 5.91 Å². The highest BCUT2D eigenvalue weighted by Gasteiger charge is 2.22. The Hall–Kier alpha value is -1.47. The van der Waals surface area contributed by atoms with Gasteiger partial charge in [-0.05, 0) is 36.1 Å². The number of aromatic amines is 1. The van der Waals surface area contributed by atoms with Crippen LogP contribution >= 0.6 is 27.7 Å². The first-order valence-electron chi connectivity index (χ1n) is 7.28. The number of carboxylic acids is 1. The van der Waals surface area contributed by atoms with Crippen LogP contribution in [-0.2, 0) is 16.0 Å². The van der Waals surface area contributed by atoms with E-state index < -0.39 is 12.0 Å². The second-order valence-corrected chi connectivity index (χ2v) is 7.08. The minimum absolute atomic E-state index is 0.217. The van der Waals surface area contributed by atoms with Crippen LogP contribution in [0.2, 0.25) is 0 Å². The number of carboxylic acid groups (broad SMARTS) is 1. The molecule has 1 amide bonds. The van der Waals surface area contributed by atoms with Crippen LogP contribution in [0.15, 0.2) is 28.9 Å². The van der Waals surface area contributed by atoms with Crippen LogP contribution in [0, 0.1) is 0 Å². The molecule has 0 aliphatic carbocycles. The van der Waals surface area contributed by atoms with E-state index in [1.807, 2.05) is 24.5 Å². The smallest absolute Gasteiger partial charge is 0.326 e. The quantitative estimate of drug-likeness (QED) is 0.596. The first kappa shape index (κ1) is 17.9. The molecule has 5 nitrogen and oxygen atoms in total. The lowest BCUT2D eigenvalue weighted by Crippen LogP contribution is -2.42. The summed E-state index contributed by atoms with van der Waals surface area (Å²) in [5.74, 6) is -0.351. The van der Waals surface area contributed by atoms with E-state index in [4.69, 9.17) is 0 Å². The molecule has 0 bridgehead atoms. The van der Waals surface area contributed by atoms with Crippen molar-refractivity contribution in [1.82, 2.24) is 10.3 Å². The molecule has 0 saturated heterocycles.